The van der Waals surface area contributed by atoms with Crippen LogP contribution in [-0.4, -0.2) is 35.6 Å². The summed E-state index contributed by atoms with van der Waals surface area (Å²) in [5.41, 5.74) is 0.565. The fraction of sp³-hybridized carbons (Fsp3) is 0.500. The van der Waals surface area contributed by atoms with Gasteiger partial charge in [-0.25, -0.2) is 0 Å². The zero-order valence-corrected chi connectivity index (χ0v) is 21.4. The molecule has 0 bridgehead atoms. The molecule has 1 amide bonds. The second-order valence-corrected chi connectivity index (χ2v) is 15.1. The largest absolute Gasteiger partial charge is 0.422 e. The second-order valence-electron chi connectivity index (χ2n) is 10.4. The molecule has 3 aromatic rings. The molecule has 2 heterocycles. The van der Waals surface area contributed by atoms with Gasteiger partial charge in [-0.1, -0.05) is 56.3 Å². The number of halogens is 1. The van der Waals surface area contributed by atoms with Gasteiger partial charge in [0.05, 0.1) is 0 Å². The molecule has 1 aromatic carbocycles. The molecule has 1 aliphatic carbocycles. The molecule has 182 valence electrons. The van der Waals surface area contributed by atoms with Gasteiger partial charge in [-0.3, -0.25) is 4.79 Å². The lowest BCUT2D eigenvalue weighted by Crippen LogP contribution is -2.43. The lowest BCUT2D eigenvalue weighted by Gasteiger charge is -2.37. The van der Waals surface area contributed by atoms with Gasteiger partial charge in [0.2, 0.25) is 17.6 Å². The van der Waals surface area contributed by atoms with E-state index in [0.717, 1.165) is 0 Å². The zero-order chi connectivity index (χ0) is 24.7. The highest BCUT2D eigenvalue weighted by Crippen LogP contribution is 2.41. The van der Waals surface area contributed by atoms with Crippen LogP contribution in [-0.2, 0) is 4.43 Å². The lowest BCUT2D eigenvalue weighted by atomic mass is 9.80. The summed E-state index contributed by atoms with van der Waals surface area (Å²) in [7, 11) is -1.97. The van der Waals surface area contributed by atoms with Crippen molar-refractivity contribution in [1.82, 2.24) is 20.7 Å². The second kappa shape index (κ2) is 9.07. The predicted octanol–water partition coefficient (Wildman–Crippen LogP) is 5.62. The first-order valence-electron chi connectivity index (χ1n) is 11.5. The van der Waals surface area contributed by atoms with Crippen LogP contribution >= 0.6 is 0 Å². The number of nitrogens with one attached hydrogen (secondary N) is 1. The summed E-state index contributed by atoms with van der Waals surface area (Å²) < 4.78 is 31.9. The van der Waals surface area contributed by atoms with Crippen molar-refractivity contribution in [3.63, 3.8) is 0 Å². The third-order valence-corrected chi connectivity index (χ3v) is 11.3. The van der Waals surface area contributed by atoms with Gasteiger partial charge in [0.25, 0.3) is 11.7 Å². The molecular formula is C24H31FN4O4Si. The van der Waals surface area contributed by atoms with Crippen molar-refractivity contribution in [2.75, 3.05) is 0 Å². The predicted molar refractivity (Wildman–Crippen MR) is 126 cm³/mol. The summed E-state index contributed by atoms with van der Waals surface area (Å²) >= 11 is 0. The molecule has 8 nitrogen and oxygen atoms in total. The summed E-state index contributed by atoms with van der Waals surface area (Å²) in [4.78, 5) is 12.5. The Balaban J connectivity index is 1.32. The van der Waals surface area contributed by atoms with E-state index in [2.05, 4.69) is 54.5 Å². The highest BCUT2D eigenvalue weighted by atomic mass is 28.4. The normalized spacial score (nSPS) is 19.5. The fourth-order valence-corrected chi connectivity index (χ4v) is 4.97. The molecule has 4 rings (SSSR count). The summed E-state index contributed by atoms with van der Waals surface area (Å²) in [6.07, 6.45) is 0.948. The molecule has 1 saturated carbocycles. The average Bonchev–Trinajstić information content (AvgIpc) is 3.37. The van der Waals surface area contributed by atoms with E-state index in [0.29, 0.717) is 30.2 Å². The van der Waals surface area contributed by atoms with Crippen LogP contribution in [0.2, 0.25) is 18.1 Å². The van der Waals surface area contributed by atoms with Crippen LogP contribution in [0.1, 0.15) is 74.9 Å². The van der Waals surface area contributed by atoms with Gasteiger partial charge < -0.3 is 18.7 Å². The van der Waals surface area contributed by atoms with Gasteiger partial charge in [-0.05, 0) is 37.9 Å². The van der Waals surface area contributed by atoms with Gasteiger partial charge in [0.15, 0.2) is 14.0 Å². The quantitative estimate of drug-likeness (QED) is 0.432. The van der Waals surface area contributed by atoms with Gasteiger partial charge in [-0.15, -0.1) is 10.2 Å². The minimum absolute atomic E-state index is 0.0182. The minimum Gasteiger partial charge on any atom is -0.422 e. The smallest absolute Gasteiger partial charge is 0.293 e. The Kier molecular flexibility index (Phi) is 6.47. The molecule has 1 aliphatic rings. The summed E-state index contributed by atoms with van der Waals surface area (Å²) in [6.45, 7) is 12.8. The third-order valence-electron chi connectivity index (χ3n) is 6.79. The van der Waals surface area contributed by atoms with Crippen LogP contribution in [0, 0.1) is 5.82 Å². The number of nitrogens with zero attached hydrogens (tertiary/aromatic N) is 3. The van der Waals surface area contributed by atoms with Crippen molar-refractivity contribution >= 4 is 14.2 Å². The lowest BCUT2D eigenvalue weighted by molar-refractivity contribution is 0.0858. The van der Waals surface area contributed by atoms with Gasteiger partial charge >= 0.3 is 0 Å². The van der Waals surface area contributed by atoms with E-state index in [1.54, 1.807) is 24.3 Å². The van der Waals surface area contributed by atoms with E-state index in [4.69, 9.17) is 13.4 Å². The van der Waals surface area contributed by atoms with Crippen molar-refractivity contribution in [1.29, 1.82) is 0 Å². The van der Waals surface area contributed by atoms with Crippen LogP contribution in [0.5, 0.6) is 0 Å². The Bertz CT molecular complexity index is 1150. The Labute approximate surface area is 199 Å². The van der Waals surface area contributed by atoms with Crippen LogP contribution in [0.3, 0.4) is 0 Å². The maximum absolute atomic E-state index is 14.7. The van der Waals surface area contributed by atoms with Crippen molar-refractivity contribution in [2.24, 2.45) is 0 Å². The maximum Gasteiger partial charge on any atom is 0.293 e. The topological polar surface area (TPSA) is 103 Å². The molecule has 34 heavy (non-hydrogen) atoms. The van der Waals surface area contributed by atoms with Crippen molar-refractivity contribution in [3.05, 3.63) is 53.7 Å². The molecule has 1 atom stereocenters. The summed E-state index contributed by atoms with van der Waals surface area (Å²) in [5.74, 6) is -0.784. The highest BCUT2D eigenvalue weighted by Gasteiger charge is 2.40. The van der Waals surface area contributed by atoms with E-state index in [1.807, 2.05) is 13.0 Å². The molecule has 0 spiro atoms. The number of aromatic nitrogens is 3. The molecule has 0 radical (unpaired) electrons. The highest BCUT2D eigenvalue weighted by molar-refractivity contribution is 6.74. The molecular weight excluding hydrogens is 455 g/mol. The Morgan fingerprint density at radius 2 is 1.88 bits per heavy atom. The Morgan fingerprint density at radius 3 is 2.53 bits per heavy atom. The standard InChI is InChI=1S/C24H31FN4O4Si/c1-14(33-34(5,6)24(2,3)4)22-27-28-23(31-22)16-12-17(13-16)26-21(30)20-18(25)19(29-32-20)15-10-8-7-9-11-15/h7-11,14,16-17H,12-13H2,1-6H3,(H,26,30)/t14-,16-,17-/m0/s1. The van der Waals surface area contributed by atoms with Crippen molar-refractivity contribution < 1.29 is 22.6 Å². The third kappa shape index (κ3) is 4.83. The average molecular weight is 487 g/mol. The van der Waals surface area contributed by atoms with Gasteiger partial charge in [0.1, 0.15) is 6.10 Å². The maximum atomic E-state index is 14.7. The molecule has 1 N–H and O–H groups in total. The Hall–Kier alpha value is -2.85. The van der Waals surface area contributed by atoms with Crippen molar-refractivity contribution in [2.45, 2.75) is 76.7 Å². The molecule has 10 heteroatoms. The number of hydrogen-bond donors (Lipinski definition) is 1. The summed E-state index contributed by atoms with van der Waals surface area (Å²) in [6, 6.07) is 8.61. The van der Waals surface area contributed by atoms with Crippen LogP contribution in [0.25, 0.3) is 11.3 Å². The SMILES string of the molecule is C[C@H](O[Si](C)(C)C(C)(C)C)c1nnc([C@H]2C[C@H](NC(=O)c3onc(-c4ccccc4)c3F)C2)o1. The molecule has 0 unspecified atom stereocenters. The van der Waals surface area contributed by atoms with Gasteiger partial charge in [0, 0.05) is 17.5 Å². The van der Waals surface area contributed by atoms with E-state index in [1.165, 1.54) is 0 Å². The van der Waals surface area contributed by atoms with Crippen LogP contribution in [0.4, 0.5) is 4.39 Å². The molecule has 0 aliphatic heterocycles. The number of carbonyl (C=O) groups is 1. The first kappa shape index (κ1) is 24.3. The van der Waals surface area contributed by atoms with E-state index >= 15 is 0 Å². The first-order valence-corrected chi connectivity index (χ1v) is 14.4. The number of hydrogen-bond acceptors (Lipinski definition) is 7. The molecule has 1 fully saturated rings. The first-order chi connectivity index (χ1) is 16.0. The van der Waals surface area contributed by atoms with E-state index < -0.39 is 25.8 Å². The van der Waals surface area contributed by atoms with Gasteiger partial charge in [-0.2, -0.15) is 4.39 Å². The number of benzene rings is 1. The molecule has 0 saturated heterocycles. The van der Waals surface area contributed by atoms with Crippen molar-refractivity contribution in [3.8, 4) is 11.3 Å². The van der Waals surface area contributed by atoms with Crippen LogP contribution < -0.4 is 5.32 Å². The van der Waals surface area contributed by atoms with Crippen LogP contribution in [0.15, 0.2) is 39.3 Å². The van der Waals surface area contributed by atoms with E-state index in [-0.39, 0.29) is 28.8 Å². The fourth-order valence-electron chi connectivity index (χ4n) is 3.63. The molecule has 2 aromatic heterocycles. The number of amides is 1. The number of rotatable bonds is 7. The van der Waals surface area contributed by atoms with E-state index in [9.17, 15) is 9.18 Å². The Morgan fingerprint density at radius 1 is 1.21 bits per heavy atom. The summed E-state index contributed by atoms with van der Waals surface area (Å²) in [5, 5.41) is 15.0. The monoisotopic (exact) mass is 486 g/mol. The minimum atomic E-state index is -1.97. The zero-order valence-electron chi connectivity index (χ0n) is 20.4. The number of carbonyl (C=O) groups excluding carboxylic acids is 1.